The number of nitrogens with zero attached hydrogens (tertiary/aromatic N) is 1. The minimum Gasteiger partial charge on any atom is -0.305 e. The van der Waals surface area contributed by atoms with Gasteiger partial charge in [0.2, 0.25) is 0 Å². The van der Waals surface area contributed by atoms with E-state index in [1.165, 1.54) is 29.7 Å². The van der Waals surface area contributed by atoms with Gasteiger partial charge in [0.25, 0.3) is 0 Å². The van der Waals surface area contributed by atoms with Crippen molar-refractivity contribution in [3.63, 3.8) is 0 Å². The third kappa shape index (κ3) is 4.44. The lowest BCUT2D eigenvalue weighted by Gasteiger charge is -2.18. The van der Waals surface area contributed by atoms with Crippen LogP contribution in [0.15, 0.2) is 36.5 Å². The first-order valence-corrected chi connectivity index (χ1v) is 7.81. The zero-order valence-corrected chi connectivity index (χ0v) is 12.5. The molecule has 0 bridgehead atoms. The molecular weight excluding hydrogens is 252 g/mol. The van der Waals surface area contributed by atoms with Gasteiger partial charge < -0.3 is 5.32 Å². The maximum atomic E-state index is 4.31. The Morgan fingerprint density at radius 2 is 2.05 bits per heavy atom. The fourth-order valence-electron chi connectivity index (χ4n) is 2.19. The predicted octanol–water partition coefficient (Wildman–Crippen LogP) is 4.47. The highest BCUT2D eigenvalue weighted by Crippen LogP contribution is 2.21. The third-order valence-electron chi connectivity index (χ3n) is 3.24. The first-order chi connectivity index (χ1) is 9.29. The molecule has 0 spiro atoms. The molecule has 0 aliphatic carbocycles. The minimum absolute atomic E-state index is 0.448. The number of rotatable bonds is 7. The van der Waals surface area contributed by atoms with Gasteiger partial charge in [0.1, 0.15) is 0 Å². The van der Waals surface area contributed by atoms with Crippen LogP contribution in [0.5, 0.6) is 0 Å². The molecule has 0 saturated heterocycles. The van der Waals surface area contributed by atoms with Gasteiger partial charge in [-0.3, -0.25) is 0 Å². The van der Waals surface area contributed by atoms with E-state index in [9.17, 15) is 0 Å². The van der Waals surface area contributed by atoms with Crippen LogP contribution < -0.4 is 5.32 Å². The summed E-state index contributed by atoms with van der Waals surface area (Å²) in [6.07, 6.45) is 5.67. The highest BCUT2D eigenvalue weighted by atomic mass is 32.1. The minimum atomic E-state index is 0.448. The average molecular weight is 274 g/mol. The summed E-state index contributed by atoms with van der Waals surface area (Å²) in [6, 6.07) is 11.2. The number of hydrogen-bond donors (Lipinski definition) is 1. The van der Waals surface area contributed by atoms with E-state index >= 15 is 0 Å². The van der Waals surface area contributed by atoms with Crippen molar-refractivity contribution in [3.05, 3.63) is 52.0 Å². The molecule has 1 unspecified atom stereocenters. The molecule has 0 saturated carbocycles. The van der Waals surface area contributed by atoms with Crippen molar-refractivity contribution in [2.45, 2.75) is 45.7 Å². The van der Waals surface area contributed by atoms with E-state index in [4.69, 9.17) is 0 Å². The van der Waals surface area contributed by atoms with Gasteiger partial charge in [-0.1, -0.05) is 50.1 Å². The summed E-state index contributed by atoms with van der Waals surface area (Å²) in [5, 5.41) is 4.81. The van der Waals surface area contributed by atoms with E-state index in [-0.39, 0.29) is 0 Å². The zero-order valence-electron chi connectivity index (χ0n) is 11.7. The molecular formula is C16H22N2S. The van der Waals surface area contributed by atoms with Crippen LogP contribution in [-0.4, -0.2) is 4.98 Å². The Bertz CT molecular complexity index is 479. The molecule has 0 aliphatic heterocycles. The first-order valence-electron chi connectivity index (χ1n) is 6.99. The lowest BCUT2D eigenvalue weighted by molar-refractivity contribution is 0.482. The van der Waals surface area contributed by atoms with Crippen molar-refractivity contribution in [1.29, 1.82) is 0 Å². The molecule has 1 heterocycles. The van der Waals surface area contributed by atoms with Gasteiger partial charge in [-0.25, -0.2) is 4.98 Å². The summed E-state index contributed by atoms with van der Waals surface area (Å²) >= 11 is 1.78. The van der Waals surface area contributed by atoms with Crippen LogP contribution >= 0.6 is 11.3 Å². The second-order valence-electron chi connectivity index (χ2n) is 4.83. The summed E-state index contributed by atoms with van der Waals surface area (Å²) in [6.45, 7) is 5.21. The Kier molecular flexibility index (Phi) is 5.55. The number of unbranched alkanes of at least 4 members (excludes halogenated alkanes) is 1. The van der Waals surface area contributed by atoms with Crippen LogP contribution in [0.3, 0.4) is 0 Å². The van der Waals surface area contributed by atoms with Gasteiger partial charge in [0.15, 0.2) is 0 Å². The highest BCUT2D eigenvalue weighted by Gasteiger charge is 2.10. The van der Waals surface area contributed by atoms with Gasteiger partial charge >= 0.3 is 0 Å². The molecule has 0 aliphatic rings. The van der Waals surface area contributed by atoms with Crippen molar-refractivity contribution < 1.29 is 0 Å². The Morgan fingerprint density at radius 1 is 1.26 bits per heavy atom. The fraction of sp³-hybridized carbons (Fsp3) is 0.438. The molecule has 1 atom stereocenters. The number of aromatic nitrogens is 1. The topological polar surface area (TPSA) is 24.9 Å². The molecule has 2 nitrogen and oxygen atoms in total. The molecule has 0 radical (unpaired) electrons. The van der Waals surface area contributed by atoms with Crippen molar-refractivity contribution in [3.8, 4) is 0 Å². The number of hydrogen-bond acceptors (Lipinski definition) is 3. The fourth-order valence-corrected chi connectivity index (χ4v) is 2.94. The molecule has 2 aromatic rings. The molecule has 1 N–H and O–H groups in total. The van der Waals surface area contributed by atoms with Crippen molar-refractivity contribution in [2.75, 3.05) is 0 Å². The Labute approximate surface area is 119 Å². The van der Waals surface area contributed by atoms with Gasteiger partial charge in [0, 0.05) is 23.7 Å². The first kappa shape index (κ1) is 14.2. The van der Waals surface area contributed by atoms with E-state index in [1.54, 1.807) is 11.3 Å². The molecule has 102 valence electrons. The monoisotopic (exact) mass is 274 g/mol. The van der Waals surface area contributed by atoms with E-state index in [0.717, 1.165) is 11.6 Å². The second kappa shape index (κ2) is 7.41. The number of nitrogens with one attached hydrogen (secondary N) is 1. The van der Waals surface area contributed by atoms with Gasteiger partial charge in [-0.2, -0.15) is 0 Å². The quantitative estimate of drug-likeness (QED) is 0.805. The molecule has 0 amide bonds. The molecule has 19 heavy (non-hydrogen) atoms. The summed E-state index contributed by atoms with van der Waals surface area (Å²) in [7, 11) is 0. The van der Waals surface area contributed by atoms with Crippen LogP contribution in [0.4, 0.5) is 0 Å². The van der Waals surface area contributed by atoms with Crippen molar-refractivity contribution in [1.82, 2.24) is 10.3 Å². The molecule has 2 rings (SSSR count). The summed E-state index contributed by atoms with van der Waals surface area (Å²) in [5.74, 6) is 0. The summed E-state index contributed by atoms with van der Waals surface area (Å²) in [4.78, 5) is 5.62. The lowest BCUT2D eigenvalue weighted by Crippen LogP contribution is -2.20. The lowest BCUT2D eigenvalue weighted by atomic mass is 10.0. The maximum absolute atomic E-state index is 4.31. The van der Waals surface area contributed by atoms with E-state index in [0.29, 0.717) is 6.04 Å². The Morgan fingerprint density at radius 3 is 2.68 bits per heavy atom. The van der Waals surface area contributed by atoms with Crippen LogP contribution in [0.25, 0.3) is 0 Å². The largest absolute Gasteiger partial charge is 0.305 e. The number of thiazole rings is 1. The van der Waals surface area contributed by atoms with E-state index < -0.39 is 0 Å². The van der Waals surface area contributed by atoms with Crippen molar-refractivity contribution in [2.24, 2.45) is 0 Å². The summed E-state index contributed by atoms with van der Waals surface area (Å²) < 4.78 is 0. The number of benzene rings is 1. The maximum Gasteiger partial charge on any atom is 0.0897 e. The molecule has 0 fully saturated rings. The Hall–Kier alpha value is -1.19. The standard InChI is InChI=1S/C16H22N2S/c1-3-4-10-16(14-8-6-5-7-9-14)18-12-15-11-17-13(2)19-15/h5-9,11,16,18H,3-4,10,12H2,1-2H3. The molecule has 1 aromatic heterocycles. The average Bonchev–Trinajstić information content (AvgIpc) is 2.86. The van der Waals surface area contributed by atoms with Crippen LogP contribution in [0.1, 0.15) is 47.7 Å². The van der Waals surface area contributed by atoms with E-state index in [2.05, 4.69) is 54.5 Å². The summed E-state index contributed by atoms with van der Waals surface area (Å²) in [5.41, 5.74) is 1.39. The number of aryl methyl sites for hydroxylation is 1. The van der Waals surface area contributed by atoms with Gasteiger partial charge in [0.05, 0.1) is 5.01 Å². The second-order valence-corrected chi connectivity index (χ2v) is 6.15. The van der Waals surface area contributed by atoms with Gasteiger partial charge in [-0.15, -0.1) is 11.3 Å². The smallest absolute Gasteiger partial charge is 0.0897 e. The third-order valence-corrected chi connectivity index (χ3v) is 4.15. The van der Waals surface area contributed by atoms with E-state index in [1.807, 2.05) is 6.20 Å². The normalized spacial score (nSPS) is 12.5. The van der Waals surface area contributed by atoms with Crippen LogP contribution in [0.2, 0.25) is 0 Å². The SMILES string of the molecule is CCCCC(NCc1cnc(C)s1)c1ccccc1. The van der Waals surface area contributed by atoms with Crippen LogP contribution in [-0.2, 0) is 6.54 Å². The Balaban J connectivity index is 1.97. The van der Waals surface area contributed by atoms with Gasteiger partial charge in [-0.05, 0) is 18.9 Å². The zero-order chi connectivity index (χ0) is 13.5. The van der Waals surface area contributed by atoms with Crippen molar-refractivity contribution >= 4 is 11.3 Å². The highest BCUT2D eigenvalue weighted by molar-refractivity contribution is 7.11. The predicted molar refractivity (Wildman–Crippen MR) is 82.4 cm³/mol. The molecule has 3 heteroatoms. The molecule has 1 aromatic carbocycles. The van der Waals surface area contributed by atoms with Crippen LogP contribution in [0, 0.1) is 6.92 Å².